The Hall–Kier alpha value is -3.06. The first-order valence-corrected chi connectivity index (χ1v) is 8.60. The van der Waals surface area contributed by atoms with Crippen LogP contribution >= 0.6 is 11.6 Å². The molecule has 0 radical (unpaired) electrons. The minimum Gasteiger partial charge on any atom is -0.497 e. The van der Waals surface area contributed by atoms with E-state index in [4.69, 9.17) is 25.6 Å². The van der Waals surface area contributed by atoms with Crippen molar-refractivity contribution < 1.29 is 18.8 Å². The van der Waals surface area contributed by atoms with Crippen molar-refractivity contribution in [3.05, 3.63) is 59.4 Å². The summed E-state index contributed by atoms with van der Waals surface area (Å²) in [5.74, 6) is 1.74. The van der Waals surface area contributed by atoms with Crippen LogP contribution in [0.25, 0.3) is 11.4 Å². The Labute approximate surface area is 161 Å². The molecule has 0 saturated carbocycles. The van der Waals surface area contributed by atoms with Gasteiger partial charge in [0.2, 0.25) is 11.7 Å². The molecule has 7 nitrogen and oxygen atoms in total. The topological polar surface area (TPSA) is 86.5 Å². The molecule has 0 saturated heterocycles. The number of carbonyl (C=O) groups is 1. The molecule has 1 heterocycles. The molecule has 2 aromatic carbocycles. The number of amides is 1. The van der Waals surface area contributed by atoms with Gasteiger partial charge in [0.1, 0.15) is 11.5 Å². The van der Waals surface area contributed by atoms with Crippen LogP contribution in [0, 0.1) is 0 Å². The van der Waals surface area contributed by atoms with E-state index in [0.717, 1.165) is 11.3 Å². The number of nitrogens with one attached hydrogen (secondary N) is 1. The van der Waals surface area contributed by atoms with Crippen molar-refractivity contribution in [1.29, 1.82) is 0 Å². The molecule has 140 valence electrons. The highest BCUT2D eigenvalue weighted by atomic mass is 35.5. The first-order chi connectivity index (χ1) is 13.0. The van der Waals surface area contributed by atoms with E-state index < -0.39 is 6.10 Å². The van der Waals surface area contributed by atoms with Crippen LogP contribution in [-0.4, -0.2) is 29.3 Å². The number of rotatable bonds is 7. The lowest BCUT2D eigenvalue weighted by Crippen LogP contribution is -2.35. The molecule has 0 aliphatic heterocycles. The number of hydrogen-bond donors (Lipinski definition) is 1. The number of nitrogens with zero attached hydrogens (tertiary/aromatic N) is 2. The van der Waals surface area contributed by atoms with Crippen LogP contribution in [0.3, 0.4) is 0 Å². The summed E-state index contributed by atoms with van der Waals surface area (Å²) in [5.41, 5.74) is 0.788. The van der Waals surface area contributed by atoms with Gasteiger partial charge in [0.15, 0.2) is 6.10 Å². The van der Waals surface area contributed by atoms with Gasteiger partial charge in [-0.05, 0) is 55.5 Å². The molecule has 1 amide bonds. The van der Waals surface area contributed by atoms with E-state index in [1.165, 1.54) is 0 Å². The van der Waals surface area contributed by atoms with E-state index >= 15 is 0 Å². The summed E-state index contributed by atoms with van der Waals surface area (Å²) in [6, 6.07) is 14.1. The molecule has 1 aromatic heterocycles. The van der Waals surface area contributed by atoms with Gasteiger partial charge in [-0.3, -0.25) is 4.79 Å². The molecule has 0 aliphatic rings. The van der Waals surface area contributed by atoms with E-state index in [1.807, 2.05) is 24.3 Å². The van der Waals surface area contributed by atoms with E-state index in [2.05, 4.69) is 15.5 Å². The molecule has 8 heteroatoms. The Morgan fingerprint density at radius 2 is 1.81 bits per heavy atom. The maximum Gasteiger partial charge on any atom is 0.261 e. The van der Waals surface area contributed by atoms with Gasteiger partial charge in [-0.25, -0.2) is 0 Å². The van der Waals surface area contributed by atoms with Gasteiger partial charge in [-0.15, -0.1) is 0 Å². The van der Waals surface area contributed by atoms with Crippen LogP contribution in [0.1, 0.15) is 12.8 Å². The van der Waals surface area contributed by atoms with Crippen molar-refractivity contribution in [3.63, 3.8) is 0 Å². The van der Waals surface area contributed by atoms with Crippen molar-refractivity contribution in [2.24, 2.45) is 0 Å². The Bertz CT molecular complexity index is 894. The van der Waals surface area contributed by atoms with Crippen LogP contribution < -0.4 is 14.8 Å². The van der Waals surface area contributed by atoms with E-state index in [0.29, 0.717) is 22.5 Å². The fraction of sp³-hybridized carbons (Fsp3) is 0.211. The largest absolute Gasteiger partial charge is 0.497 e. The molecule has 3 rings (SSSR count). The quantitative estimate of drug-likeness (QED) is 0.667. The number of carbonyl (C=O) groups excluding carboxylic acids is 1. The van der Waals surface area contributed by atoms with Crippen molar-refractivity contribution in [2.75, 3.05) is 7.11 Å². The third kappa shape index (κ3) is 4.98. The summed E-state index contributed by atoms with van der Waals surface area (Å²) in [6.45, 7) is 1.76. The molecule has 0 aliphatic carbocycles. The van der Waals surface area contributed by atoms with Gasteiger partial charge in [-0.1, -0.05) is 16.8 Å². The van der Waals surface area contributed by atoms with Crippen LogP contribution in [-0.2, 0) is 11.3 Å². The normalized spacial score (nSPS) is 11.7. The summed E-state index contributed by atoms with van der Waals surface area (Å²) < 4.78 is 15.9. The second-order valence-electron chi connectivity index (χ2n) is 5.67. The maximum atomic E-state index is 12.2. The molecule has 0 spiro atoms. The lowest BCUT2D eigenvalue weighted by atomic mass is 10.2. The predicted octanol–water partition coefficient (Wildman–Crippen LogP) is 3.48. The van der Waals surface area contributed by atoms with Crippen LogP contribution in [0.5, 0.6) is 11.5 Å². The monoisotopic (exact) mass is 387 g/mol. The van der Waals surface area contributed by atoms with Gasteiger partial charge in [0, 0.05) is 10.6 Å². The standard InChI is InChI=1S/C19H18ClN3O4/c1-12(26-16-9-5-14(20)6-10-16)19(24)21-11-17-22-18(23-27-17)13-3-7-15(25-2)8-4-13/h3-10,12H,11H2,1-2H3,(H,21,24)/t12-/m1/s1. The maximum absolute atomic E-state index is 12.2. The Kier molecular flexibility index (Phi) is 5.93. The van der Waals surface area contributed by atoms with E-state index in [9.17, 15) is 4.79 Å². The lowest BCUT2D eigenvalue weighted by Gasteiger charge is -2.13. The second-order valence-corrected chi connectivity index (χ2v) is 6.11. The fourth-order valence-corrected chi connectivity index (χ4v) is 2.39. The summed E-state index contributed by atoms with van der Waals surface area (Å²) in [5, 5.41) is 7.23. The molecule has 1 atom stereocenters. The first-order valence-electron chi connectivity index (χ1n) is 8.22. The Morgan fingerprint density at radius 1 is 1.15 bits per heavy atom. The third-order valence-corrected chi connectivity index (χ3v) is 3.98. The van der Waals surface area contributed by atoms with Gasteiger partial charge >= 0.3 is 0 Å². The summed E-state index contributed by atoms with van der Waals surface area (Å²) in [6.07, 6.45) is -0.685. The van der Waals surface area contributed by atoms with Crippen molar-refractivity contribution in [3.8, 4) is 22.9 Å². The second kappa shape index (κ2) is 8.55. The van der Waals surface area contributed by atoms with Gasteiger partial charge in [0.05, 0.1) is 13.7 Å². The van der Waals surface area contributed by atoms with Crippen LogP contribution in [0.4, 0.5) is 0 Å². The van der Waals surface area contributed by atoms with Gasteiger partial charge < -0.3 is 19.3 Å². The number of hydrogen-bond acceptors (Lipinski definition) is 6. The molecule has 0 bridgehead atoms. The van der Waals surface area contributed by atoms with Crippen LogP contribution in [0.2, 0.25) is 5.02 Å². The Balaban J connectivity index is 1.54. The third-order valence-electron chi connectivity index (χ3n) is 3.73. The van der Waals surface area contributed by atoms with Gasteiger partial charge in [-0.2, -0.15) is 4.98 Å². The van der Waals surface area contributed by atoms with E-state index in [-0.39, 0.29) is 12.5 Å². The van der Waals surface area contributed by atoms with Crippen molar-refractivity contribution >= 4 is 17.5 Å². The average molecular weight is 388 g/mol. The molecule has 1 N–H and O–H groups in total. The highest BCUT2D eigenvalue weighted by Gasteiger charge is 2.16. The minimum atomic E-state index is -0.685. The van der Waals surface area contributed by atoms with Crippen molar-refractivity contribution in [2.45, 2.75) is 19.6 Å². The zero-order valence-corrected chi connectivity index (χ0v) is 15.6. The number of halogens is 1. The number of ether oxygens (including phenoxy) is 2. The summed E-state index contributed by atoms with van der Waals surface area (Å²) >= 11 is 5.83. The SMILES string of the molecule is COc1ccc(-c2noc(CNC(=O)[C@@H](C)Oc3ccc(Cl)cc3)n2)cc1. The molecule has 3 aromatic rings. The van der Waals surface area contributed by atoms with E-state index in [1.54, 1.807) is 38.3 Å². The molecular weight excluding hydrogens is 370 g/mol. The summed E-state index contributed by atoms with van der Waals surface area (Å²) in [7, 11) is 1.60. The smallest absolute Gasteiger partial charge is 0.261 e. The van der Waals surface area contributed by atoms with Crippen LogP contribution in [0.15, 0.2) is 53.1 Å². The van der Waals surface area contributed by atoms with Gasteiger partial charge in [0.25, 0.3) is 5.91 Å². The number of aromatic nitrogens is 2. The average Bonchev–Trinajstić information content (AvgIpc) is 3.17. The summed E-state index contributed by atoms with van der Waals surface area (Å²) in [4.78, 5) is 16.4. The zero-order chi connectivity index (χ0) is 19.2. The molecular formula is C19H18ClN3O4. The number of benzene rings is 2. The number of methoxy groups -OCH3 is 1. The van der Waals surface area contributed by atoms with Crippen molar-refractivity contribution in [1.82, 2.24) is 15.5 Å². The lowest BCUT2D eigenvalue weighted by molar-refractivity contribution is -0.127. The highest BCUT2D eigenvalue weighted by Crippen LogP contribution is 2.20. The minimum absolute atomic E-state index is 0.107. The molecule has 27 heavy (non-hydrogen) atoms. The highest BCUT2D eigenvalue weighted by molar-refractivity contribution is 6.30. The predicted molar refractivity (Wildman–Crippen MR) is 99.7 cm³/mol. The molecule has 0 fully saturated rings. The Morgan fingerprint density at radius 3 is 2.48 bits per heavy atom. The first kappa shape index (κ1) is 18.7. The fourth-order valence-electron chi connectivity index (χ4n) is 2.26. The molecule has 0 unspecified atom stereocenters. The zero-order valence-electron chi connectivity index (χ0n) is 14.8.